The van der Waals surface area contributed by atoms with Crippen LogP contribution in [0.15, 0.2) is 11.6 Å². The summed E-state index contributed by atoms with van der Waals surface area (Å²) in [6.45, 7) is 14.9. The minimum atomic E-state index is 0.255. The SMILES string of the molecule is CC.CCC(C)=O.CCCCC[C@H]1C[C@]23CC[C@H]4[C@@H](CC=C5CC(CCC)CC[C@@]54C)[C@@H]2CC[C@H]13. The summed E-state index contributed by atoms with van der Waals surface area (Å²) < 4.78 is 0. The molecule has 5 aliphatic rings. The fourth-order valence-corrected chi connectivity index (χ4v) is 9.78. The maximum atomic E-state index is 9.81. The standard InChI is InChI=1S/C28H46.C4H8O.C2H6/c1-4-6-7-9-21-19-28-17-15-25-23(26(28)13-12-24(21)28)11-10-22-18-20(8-5-2)14-16-27(22,25)3;1-3-4(2)5;1-2/h10,20-21,23-26H,4-9,11-19H2,1-3H3;3H2,1-2H3;1-2H3/t20?,21-,23+,24+,25-,26-,27-,28-;;/m0../s1. The molecule has 5 rings (SSSR count). The quantitative estimate of drug-likeness (QED) is 0.259. The molecular formula is C34H60O. The van der Waals surface area contributed by atoms with Crippen molar-refractivity contribution in [2.75, 3.05) is 0 Å². The van der Waals surface area contributed by atoms with Gasteiger partial charge in [-0.1, -0.05) is 91.7 Å². The first-order valence-electron chi connectivity index (χ1n) is 16.1. The monoisotopic (exact) mass is 484 g/mol. The topological polar surface area (TPSA) is 17.1 Å². The van der Waals surface area contributed by atoms with Gasteiger partial charge in [0.25, 0.3) is 0 Å². The van der Waals surface area contributed by atoms with Gasteiger partial charge in [-0.05, 0) is 111 Å². The molecule has 1 nitrogen and oxygen atoms in total. The Morgan fingerprint density at radius 3 is 2.29 bits per heavy atom. The molecule has 0 aromatic carbocycles. The van der Waals surface area contributed by atoms with Gasteiger partial charge in [0.2, 0.25) is 0 Å². The predicted octanol–water partition coefficient (Wildman–Crippen LogP) is 10.6. The molecular weight excluding hydrogens is 424 g/mol. The van der Waals surface area contributed by atoms with E-state index in [9.17, 15) is 4.79 Å². The minimum Gasteiger partial charge on any atom is -0.300 e. The van der Waals surface area contributed by atoms with Gasteiger partial charge in [0.1, 0.15) is 5.78 Å². The molecule has 0 aliphatic heterocycles. The van der Waals surface area contributed by atoms with Crippen LogP contribution >= 0.6 is 0 Å². The Balaban J connectivity index is 0.000000438. The minimum absolute atomic E-state index is 0.255. The van der Waals surface area contributed by atoms with Crippen molar-refractivity contribution in [3.8, 4) is 0 Å². The molecule has 0 N–H and O–H groups in total. The van der Waals surface area contributed by atoms with Gasteiger partial charge < -0.3 is 4.79 Å². The van der Waals surface area contributed by atoms with Crippen LogP contribution in [0.3, 0.4) is 0 Å². The Labute approximate surface area is 219 Å². The van der Waals surface area contributed by atoms with Crippen molar-refractivity contribution in [2.24, 2.45) is 46.3 Å². The van der Waals surface area contributed by atoms with E-state index >= 15 is 0 Å². The van der Waals surface area contributed by atoms with Gasteiger partial charge in [-0.3, -0.25) is 0 Å². The predicted molar refractivity (Wildman–Crippen MR) is 152 cm³/mol. The van der Waals surface area contributed by atoms with Gasteiger partial charge in [-0.2, -0.15) is 0 Å². The maximum Gasteiger partial charge on any atom is 0.129 e. The number of carbonyl (C=O) groups excluding carboxylic acids is 1. The molecule has 35 heavy (non-hydrogen) atoms. The van der Waals surface area contributed by atoms with E-state index in [4.69, 9.17) is 0 Å². The number of Topliss-reactive ketones (excluding diaryl/α,β-unsaturated/α-hetero) is 1. The van der Waals surface area contributed by atoms with E-state index in [0.29, 0.717) is 11.8 Å². The first-order chi connectivity index (χ1) is 16.9. The summed E-state index contributed by atoms with van der Waals surface area (Å²) >= 11 is 0. The summed E-state index contributed by atoms with van der Waals surface area (Å²) in [6.07, 6.45) is 26.2. The molecule has 8 atom stereocenters. The zero-order valence-electron chi connectivity index (χ0n) is 24.8. The summed E-state index contributed by atoms with van der Waals surface area (Å²) in [5.41, 5.74) is 3.31. The zero-order valence-corrected chi connectivity index (χ0v) is 24.8. The number of hydrogen-bond acceptors (Lipinski definition) is 1. The van der Waals surface area contributed by atoms with Gasteiger partial charge in [-0.15, -0.1) is 0 Å². The van der Waals surface area contributed by atoms with Crippen LogP contribution in [0.1, 0.15) is 151 Å². The second-order valence-corrected chi connectivity index (χ2v) is 13.1. The number of allylic oxidation sites excluding steroid dienone is 2. The van der Waals surface area contributed by atoms with Crippen molar-refractivity contribution >= 4 is 5.78 Å². The summed E-state index contributed by atoms with van der Waals surface area (Å²) in [6, 6.07) is 0. The lowest BCUT2D eigenvalue weighted by atomic mass is 9.41. The summed E-state index contributed by atoms with van der Waals surface area (Å²) in [4.78, 5) is 9.81. The molecule has 4 fully saturated rings. The molecule has 4 saturated carbocycles. The third-order valence-corrected chi connectivity index (χ3v) is 11.6. The van der Waals surface area contributed by atoms with Gasteiger partial charge in [0, 0.05) is 6.42 Å². The fraction of sp³-hybridized carbons (Fsp3) is 0.912. The molecule has 0 bridgehead atoms. The van der Waals surface area contributed by atoms with E-state index in [1.54, 1.807) is 45.4 Å². The van der Waals surface area contributed by atoms with Crippen molar-refractivity contribution in [1.82, 2.24) is 0 Å². The zero-order chi connectivity index (χ0) is 25.6. The number of unbranched alkanes of at least 4 members (excludes halogenated alkanes) is 2. The first kappa shape index (κ1) is 29.0. The van der Waals surface area contributed by atoms with Gasteiger partial charge in [-0.25, -0.2) is 0 Å². The molecule has 0 radical (unpaired) electrons. The average Bonchev–Trinajstić information content (AvgIpc) is 3.16. The molecule has 0 amide bonds. The second-order valence-electron chi connectivity index (χ2n) is 13.1. The van der Waals surface area contributed by atoms with Crippen molar-refractivity contribution in [3.05, 3.63) is 11.6 Å². The second kappa shape index (κ2) is 12.8. The lowest BCUT2D eigenvalue weighted by Crippen LogP contribution is -2.56. The molecule has 0 heterocycles. The molecule has 1 unspecified atom stereocenters. The first-order valence-corrected chi connectivity index (χ1v) is 16.1. The molecule has 0 aromatic heterocycles. The summed E-state index contributed by atoms with van der Waals surface area (Å²) in [7, 11) is 0. The third-order valence-electron chi connectivity index (χ3n) is 11.6. The van der Waals surface area contributed by atoms with E-state index in [1.165, 1.54) is 57.8 Å². The van der Waals surface area contributed by atoms with Gasteiger partial charge >= 0.3 is 0 Å². The number of ketones is 1. The highest BCUT2D eigenvalue weighted by atomic mass is 16.1. The normalized spacial score (nSPS) is 40.7. The Morgan fingerprint density at radius 2 is 1.63 bits per heavy atom. The van der Waals surface area contributed by atoms with E-state index in [1.807, 2.05) is 26.3 Å². The van der Waals surface area contributed by atoms with E-state index in [2.05, 4.69) is 26.8 Å². The van der Waals surface area contributed by atoms with E-state index < -0.39 is 0 Å². The van der Waals surface area contributed by atoms with Crippen LogP contribution in [-0.2, 0) is 4.79 Å². The largest absolute Gasteiger partial charge is 0.300 e. The van der Waals surface area contributed by atoms with E-state index in [0.717, 1.165) is 40.9 Å². The Morgan fingerprint density at radius 1 is 0.914 bits per heavy atom. The van der Waals surface area contributed by atoms with Gasteiger partial charge in [0.15, 0.2) is 0 Å². The van der Waals surface area contributed by atoms with Crippen LogP contribution in [0, 0.1) is 46.3 Å². The molecule has 1 heteroatoms. The number of rotatable bonds is 7. The van der Waals surface area contributed by atoms with E-state index in [-0.39, 0.29) is 5.78 Å². The summed E-state index contributed by atoms with van der Waals surface area (Å²) in [5.74, 6) is 6.68. The highest BCUT2D eigenvalue weighted by Gasteiger charge is 2.65. The Kier molecular flexibility index (Phi) is 10.6. The van der Waals surface area contributed by atoms with Crippen molar-refractivity contribution in [2.45, 2.75) is 151 Å². The number of carbonyl (C=O) groups is 1. The molecule has 1 spiro atoms. The smallest absolute Gasteiger partial charge is 0.129 e. The average molecular weight is 485 g/mol. The molecule has 5 aliphatic carbocycles. The third kappa shape index (κ3) is 5.65. The highest BCUT2D eigenvalue weighted by molar-refractivity contribution is 5.74. The van der Waals surface area contributed by atoms with Crippen LogP contribution in [0.4, 0.5) is 0 Å². The van der Waals surface area contributed by atoms with Crippen molar-refractivity contribution in [3.63, 3.8) is 0 Å². The van der Waals surface area contributed by atoms with Gasteiger partial charge in [0.05, 0.1) is 0 Å². The summed E-state index contributed by atoms with van der Waals surface area (Å²) in [5, 5.41) is 0. The maximum absolute atomic E-state index is 9.81. The fourth-order valence-electron chi connectivity index (χ4n) is 9.78. The number of hydrogen-bond donors (Lipinski definition) is 0. The van der Waals surface area contributed by atoms with Crippen LogP contribution < -0.4 is 0 Å². The van der Waals surface area contributed by atoms with Crippen LogP contribution in [-0.4, -0.2) is 5.78 Å². The molecule has 202 valence electrons. The highest BCUT2D eigenvalue weighted by Crippen LogP contribution is 2.74. The van der Waals surface area contributed by atoms with Crippen LogP contribution in [0.25, 0.3) is 0 Å². The lowest BCUT2D eigenvalue weighted by Gasteiger charge is -2.64. The number of fused-ring (bicyclic) bond motifs is 4. The Bertz CT molecular complexity index is 705. The van der Waals surface area contributed by atoms with Crippen molar-refractivity contribution in [1.29, 1.82) is 0 Å². The van der Waals surface area contributed by atoms with Crippen molar-refractivity contribution < 1.29 is 4.79 Å². The molecule has 0 saturated heterocycles. The van der Waals surface area contributed by atoms with Crippen LogP contribution in [0.2, 0.25) is 0 Å². The van der Waals surface area contributed by atoms with Crippen LogP contribution in [0.5, 0.6) is 0 Å². The Hall–Kier alpha value is -0.590. The lowest BCUT2D eigenvalue weighted by molar-refractivity contribution is -0.131. The molecule has 0 aromatic rings.